The Hall–Kier alpha value is -1.34. The van der Waals surface area contributed by atoms with E-state index in [1.807, 2.05) is 11.9 Å². The van der Waals surface area contributed by atoms with Crippen LogP contribution in [0.1, 0.15) is 6.42 Å². The van der Waals surface area contributed by atoms with Crippen LogP contribution in [0.2, 0.25) is 0 Å². The minimum Gasteiger partial charge on any atom is -0.466 e. The number of ether oxygens (including phenoxy) is 1. The zero-order valence-corrected chi connectivity index (χ0v) is 7.78. The van der Waals surface area contributed by atoms with Crippen molar-refractivity contribution in [1.29, 1.82) is 5.26 Å². The summed E-state index contributed by atoms with van der Waals surface area (Å²) in [6.45, 7) is 0.628. The Labute approximate surface area is 77.4 Å². The first-order chi connectivity index (χ1) is 6.19. The predicted molar refractivity (Wildman–Crippen MR) is 46.7 cm³/mol. The fourth-order valence-corrected chi connectivity index (χ4v) is 1.27. The zero-order valence-electron chi connectivity index (χ0n) is 7.78. The van der Waals surface area contributed by atoms with Gasteiger partial charge in [-0.3, -0.25) is 4.90 Å². The maximum Gasteiger partial charge on any atom is 0.333 e. The van der Waals surface area contributed by atoms with Crippen molar-refractivity contribution >= 4 is 5.97 Å². The van der Waals surface area contributed by atoms with Crippen molar-refractivity contribution < 1.29 is 9.53 Å². The molecule has 0 fully saturated rings. The Morgan fingerprint density at radius 3 is 3.08 bits per heavy atom. The second-order valence-corrected chi connectivity index (χ2v) is 3.01. The van der Waals surface area contributed by atoms with Crippen LogP contribution in [0, 0.1) is 11.3 Å². The molecule has 0 bridgehead atoms. The van der Waals surface area contributed by atoms with Gasteiger partial charge in [0.1, 0.15) is 6.04 Å². The largest absolute Gasteiger partial charge is 0.466 e. The second kappa shape index (κ2) is 4.06. The van der Waals surface area contributed by atoms with E-state index >= 15 is 0 Å². The van der Waals surface area contributed by atoms with Crippen LogP contribution in [0.5, 0.6) is 0 Å². The number of esters is 1. The van der Waals surface area contributed by atoms with Crippen molar-refractivity contribution in [2.45, 2.75) is 12.5 Å². The third-order valence-corrected chi connectivity index (χ3v) is 2.17. The van der Waals surface area contributed by atoms with E-state index in [9.17, 15) is 4.79 Å². The van der Waals surface area contributed by atoms with E-state index in [4.69, 9.17) is 5.26 Å². The molecule has 70 valence electrons. The Morgan fingerprint density at radius 1 is 1.85 bits per heavy atom. The van der Waals surface area contributed by atoms with Gasteiger partial charge in [0.25, 0.3) is 0 Å². The average Bonchev–Trinajstić information content (AvgIpc) is 2.17. The lowest BCUT2D eigenvalue weighted by atomic mass is 10.0. The quantitative estimate of drug-likeness (QED) is 0.545. The molecule has 0 aromatic carbocycles. The van der Waals surface area contributed by atoms with Gasteiger partial charge in [0.15, 0.2) is 0 Å². The third-order valence-electron chi connectivity index (χ3n) is 2.17. The molecule has 4 heteroatoms. The molecular formula is C9H12N2O2. The van der Waals surface area contributed by atoms with Crippen molar-refractivity contribution in [3.05, 3.63) is 11.6 Å². The van der Waals surface area contributed by atoms with E-state index < -0.39 is 0 Å². The molecule has 1 atom stereocenters. The fraction of sp³-hybridized carbons (Fsp3) is 0.556. The number of carbonyl (C=O) groups excluding carboxylic acids is 1. The first kappa shape index (κ1) is 9.75. The molecule has 1 aliphatic heterocycles. The molecule has 0 amide bonds. The molecule has 0 aromatic heterocycles. The Kier molecular flexibility index (Phi) is 3.04. The van der Waals surface area contributed by atoms with Crippen LogP contribution < -0.4 is 0 Å². The molecule has 1 rings (SSSR count). The number of hydrogen-bond acceptors (Lipinski definition) is 4. The number of likely N-dealkylation sites (N-methyl/N-ethyl adjacent to an activating group) is 1. The van der Waals surface area contributed by atoms with Crippen LogP contribution in [0.15, 0.2) is 11.6 Å². The number of rotatable bonds is 1. The number of hydrogen-bond donors (Lipinski definition) is 0. The summed E-state index contributed by atoms with van der Waals surface area (Å²) in [5.41, 5.74) is 0.604. The molecule has 0 aliphatic carbocycles. The molecule has 0 spiro atoms. The topological polar surface area (TPSA) is 53.3 Å². The van der Waals surface area contributed by atoms with Gasteiger partial charge in [-0.1, -0.05) is 6.08 Å². The molecule has 13 heavy (non-hydrogen) atoms. The first-order valence-electron chi connectivity index (χ1n) is 4.06. The molecule has 1 unspecified atom stereocenters. The van der Waals surface area contributed by atoms with Crippen LogP contribution in [0.4, 0.5) is 0 Å². The summed E-state index contributed by atoms with van der Waals surface area (Å²) < 4.78 is 4.58. The molecule has 0 saturated carbocycles. The normalized spacial score (nSPS) is 23.2. The molecule has 0 N–H and O–H groups in total. The lowest BCUT2D eigenvalue weighted by molar-refractivity contribution is -0.136. The van der Waals surface area contributed by atoms with Crippen molar-refractivity contribution in [3.8, 4) is 6.07 Å². The minimum atomic E-state index is -0.326. The molecule has 1 heterocycles. The van der Waals surface area contributed by atoms with E-state index in [1.54, 1.807) is 6.08 Å². The summed E-state index contributed by atoms with van der Waals surface area (Å²) in [4.78, 5) is 13.0. The smallest absolute Gasteiger partial charge is 0.333 e. The van der Waals surface area contributed by atoms with Gasteiger partial charge in [0, 0.05) is 18.5 Å². The maximum absolute atomic E-state index is 11.1. The highest BCUT2D eigenvalue weighted by atomic mass is 16.5. The second-order valence-electron chi connectivity index (χ2n) is 3.01. The average molecular weight is 180 g/mol. The van der Waals surface area contributed by atoms with Gasteiger partial charge in [-0.15, -0.1) is 0 Å². The van der Waals surface area contributed by atoms with Crippen LogP contribution >= 0.6 is 0 Å². The molecule has 0 aromatic rings. The van der Waals surface area contributed by atoms with E-state index in [0.29, 0.717) is 18.5 Å². The molecule has 0 saturated heterocycles. The maximum atomic E-state index is 11.1. The van der Waals surface area contributed by atoms with E-state index in [2.05, 4.69) is 10.8 Å². The van der Waals surface area contributed by atoms with Gasteiger partial charge in [0.05, 0.1) is 13.2 Å². The monoisotopic (exact) mass is 180 g/mol. The van der Waals surface area contributed by atoms with Gasteiger partial charge in [-0.2, -0.15) is 5.26 Å². The van der Waals surface area contributed by atoms with Crippen LogP contribution in [0.3, 0.4) is 0 Å². The highest BCUT2D eigenvalue weighted by molar-refractivity contribution is 5.88. The zero-order chi connectivity index (χ0) is 9.84. The van der Waals surface area contributed by atoms with Crippen molar-refractivity contribution in [1.82, 2.24) is 4.90 Å². The Morgan fingerprint density at radius 2 is 2.54 bits per heavy atom. The van der Waals surface area contributed by atoms with Crippen LogP contribution in [-0.2, 0) is 9.53 Å². The van der Waals surface area contributed by atoms with Gasteiger partial charge < -0.3 is 4.74 Å². The van der Waals surface area contributed by atoms with Gasteiger partial charge >= 0.3 is 5.97 Å². The van der Waals surface area contributed by atoms with Gasteiger partial charge in [-0.25, -0.2) is 4.79 Å². The third kappa shape index (κ3) is 2.07. The van der Waals surface area contributed by atoms with E-state index in [1.165, 1.54) is 7.11 Å². The summed E-state index contributed by atoms with van der Waals surface area (Å²) in [6, 6.07) is 1.93. The van der Waals surface area contributed by atoms with E-state index in [0.717, 1.165) is 0 Å². The summed E-state index contributed by atoms with van der Waals surface area (Å²) in [5, 5.41) is 8.76. The van der Waals surface area contributed by atoms with E-state index in [-0.39, 0.29) is 12.0 Å². The summed E-state index contributed by atoms with van der Waals surface area (Å²) in [5.74, 6) is -0.326. The molecule has 4 nitrogen and oxygen atoms in total. The Bertz CT molecular complexity index is 278. The molecular weight excluding hydrogens is 168 g/mol. The number of methoxy groups -OCH3 is 1. The highest BCUT2D eigenvalue weighted by Gasteiger charge is 2.23. The molecule has 1 aliphatic rings. The van der Waals surface area contributed by atoms with Gasteiger partial charge in [-0.05, 0) is 7.05 Å². The Balaban J connectivity index is 2.72. The van der Waals surface area contributed by atoms with Crippen LogP contribution in [0.25, 0.3) is 0 Å². The number of carbonyl (C=O) groups is 1. The number of nitrogens with zero attached hydrogens (tertiary/aromatic N) is 2. The summed E-state index contributed by atoms with van der Waals surface area (Å²) in [7, 11) is 3.21. The fourth-order valence-electron chi connectivity index (χ4n) is 1.27. The predicted octanol–water partition coefficient (Wildman–Crippen LogP) is 0.313. The standard InChI is InChI=1S/C9H12N2O2/c1-11-4-3-7(9(12)13-2)5-8(11)6-10/h3,8H,4-5H2,1-2H3. The number of nitriles is 1. The van der Waals surface area contributed by atoms with Crippen molar-refractivity contribution in [3.63, 3.8) is 0 Å². The lowest BCUT2D eigenvalue weighted by Gasteiger charge is -2.25. The SMILES string of the molecule is COC(=O)C1=CCN(C)C(C#N)C1. The lowest BCUT2D eigenvalue weighted by Crippen LogP contribution is -2.35. The summed E-state index contributed by atoms with van der Waals surface area (Å²) in [6.07, 6.45) is 2.26. The highest BCUT2D eigenvalue weighted by Crippen LogP contribution is 2.16. The van der Waals surface area contributed by atoms with Crippen molar-refractivity contribution in [2.24, 2.45) is 0 Å². The van der Waals surface area contributed by atoms with Crippen molar-refractivity contribution in [2.75, 3.05) is 20.7 Å². The van der Waals surface area contributed by atoms with Gasteiger partial charge in [0.2, 0.25) is 0 Å². The minimum absolute atomic E-state index is 0.209. The first-order valence-corrected chi connectivity index (χ1v) is 4.06. The summed E-state index contributed by atoms with van der Waals surface area (Å²) >= 11 is 0. The van der Waals surface area contributed by atoms with Crippen LogP contribution in [-0.4, -0.2) is 37.6 Å². The molecule has 0 radical (unpaired) electrons.